The van der Waals surface area contributed by atoms with Crippen LogP contribution in [0.3, 0.4) is 0 Å². The van der Waals surface area contributed by atoms with Crippen molar-refractivity contribution in [2.75, 3.05) is 13.1 Å². The number of carbonyl (C=O) groups excluding carboxylic acids is 2. The number of nitrogens with one attached hydrogen (secondary N) is 2. The van der Waals surface area contributed by atoms with E-state index in [1.165, 1.54) is 0 Å². The first-order chi connectivity index (χ1) is 9.19. The maximum atomic E-state index is 11.8. The Labute approximate surface area is 109 Å². The Balaban J connectivity index is 2.42. The second-order valence-electron chi connectivity index (χ2n) is 3.54. The van der Waals surface area contributed by atoms with Crippen LogP contribution in [0.2, 0.25) is 0 Å². The van der Waals surface area contributed by atoms with Crippen molar-refractivity contribution in [2.24, 2.45) is 0 Å². The molecule has 0 saturated heterocycles. The Morgan fingerprint density at radius 3 is 2.25 bits per heavy atom. The van der Waals surface area contributed by atoms with Crippen molar-refractivity contribution in [3.8, 4) is 0 Å². The van der Waals surface area contributed by atoms with Crippen LogP contribution in [0.25, 0.3) is 0 Å². The quantitative estimate of drug-likeness (QED) is 0.727. The summed E-state index contributed by atoms with van der Waals surface area (Å²) in [6.45, 7) is -2.20. The molecule has 10 heteroatoms. The molecule has 0 aliphatic rings. The highest BCUT2D eigenvalue weighted by Crippen LogP contribution is 2.12. The first-order valence-electron chi connectivity index (χ1n) is 5.14. The zero-order valence-corrected chi connectivity index (χ0v) is 9.78. The highest BCUT2D eigenvalue weighted by molar-refractivity contribution is 5.95. The van der Waals surface area contributed by atoms with Gasteiger partial charge in [-0.3, -0.25) is 9.59 Å². The third-order valence-corrected chi connectivity index (χ3v) is 1.94. The zero-order valence-electron chi connectivity index (χ0n) is 9.78. The Morgan fingerprint density at radius 1 is 1.15 bits per heavy atom. The molecule has 110 valence electrons. The summed E-state index contributed by atoms with van der Waals surface area (Å²) in [4.78, 5) is 32.9. The molecule has 3 N–H and O–H groups in total. The van der Waals surface area contributed by atoms with Crippen molar-refractivity contribution in [2.45, 2.75) is 6.18 Å². The number of halogens is 3. The summed E-state index contributed by atoms with van der Waals surface area (Å²) in [7, 11) is 0. The number of hydrogen-bond acceptors (Lipinski definition) is 4. The predicted molar refractivity (Wildman–Crippen MR) is 57.1 cm³/mol. The molecule has 0 radical (unpaired) electrons. The minimum atomic E-state index is -4.54. The number of carbonyl (C=O) groups is 3. The Hall–Kier alpha value is -2.52. The number of aromatic carboxylic acids is 1. The number of carboxylic acids is 1. The summed E-state index contributed by atoms with van der Waals surface area (Å²) in [5.41, 5.74) is 0. The summed E-state index contributed by atoms with van der Waals surface area (Å²) in [5.74, 6) is -4.19. The topological polar surface area (TPSA) is 109 Å². The number of hydrogen-bond donors (Lipinski definition) is 3. The second kappa shape index (κ2) is 6.08. The molecule has 20 heavy (non-hydrogen) atoms. The van der Waals surface area contributed by atoms with Gasteiger partial charge in [0.15, 0.2) is 5.76 Å². The molecular weight excluding hydrogens is 285 g/mol. The number of amides is 2. The highest BCUT2D eigenvalue weighted by atomic mass is 19.4. The van der Waals surface area contributed by atoms with Crippen LogP contribution in [-0.2, 0) is 4.79 Å². The van der Waals surface area contributed by atoms with Gasteiger partial charge in [-0.2, -0.15) is 13.2 Å². The highest BCUT2D eigenvalue weighted by Gasteiger charge is 2.27. The molecule has 0 atom stereocenters. The van der Waals surface area contributed by atoms with Gasteiger partial charge in [0.05, 0.1) is 6.54 Å². The molecule has 0 aromatic carbocycles. The minimum absolute atomic E-state index is 0.369. The average molecular weight is 294 g/mol. The van der Waals surface area contributed by atoms with Crippen molar-refractivity contribution in [3.05, 3.63) is 23.7 Å². The first kappa shape index (κ1) is 15.5. The van der Waals surface area contributed by atoms with Crippen LogP contribution in [0.15, 0.2) is 16.5 Å². The molecule has 0 aliphatic carbocycles. The lowest BCUT2D eigenvalue weighted by Gasteiger charge is -2.08. The fourth-order valence-corrected chi connectivity index (χ4v) is 1.08. The third kappa shape index (κ3) is 5.00. The van der Waals surface area contributed by atoms with Crippen molar-refractivity contribution in [1.29, 1.82) is 0 Å². The van der Waals surface area contributed by atoms with E-state index in [-0.39, 0.29) is 5.76 Å². The number of alkyl halides is 3. The van der Waals surface area contributed by atoms with Gasteiger partial charge in [0.25, 0.3) is 5.91 Å². The van der Waals surface area contributed by atoms with Gasteiger partial charge in [-0.1, -0.05) is 0 Å². The average Bonchev–Trinajstić information content (AvgIpc) is 2.82. The van der Waals surface area contributed by atoms with Gasteiger partial charge in [-0.05, 0) is 12.1 Å². The molecule has 0 fully saturated rings. The summed E-state index contributed by atoms with van der Waals surface area (Å²) < 4.78 is 40.0. The van der Waals surface area contributed by atoms with Crippen molar-refractivity contribution in [3.63, 3.8) is 0 Å². The Bertz CT molecular complexity index is 523. The van der Waals surface area contributed by atoms with Crippen LogP contribution in [0.5, 0.6) is 0 Å². The van der Waals surface area contributed by atoms with Crippen LogP contribution in [-0.4, -0.2) is 42.2 Å². The molecular formula is C10H9F3N2O5. The van der Waals surface area contributed by atoms with E-state index in [0.29, 0.717) is 0 Å². The molecule has 0 spiro atoms. The van der Waals surface area contributed by atoms with Gasteiger partial charge in [0.1, 0.15) is 6.54 Å². The monoisotopic (exact) mass is 294 g/mol. The van der Waals surface area contributed by atoms with E-state index in [1.807, 2.05) is 5.32 Å². The van der Waals surface area contributed by atoms with Crippen LogP contribution in [0.4, 0.5) is 13.2 Å². The third-order valence-electron chi connectivity index (χ3n) is 1.94. The van der Waals surface area contributed by atoms with E-state index >= 15 is 0 Å². The molecule has 1 rings (SSSR count). The lowest BCUT2D eigenvalue weighted by molar-refractivity contribution is -0.137. The maximum absolute atomic E-state index is 11.8. The second-order valence-corrected chi connectivity index (χ2v) is 3.54. The number of carboxylic acid groups (broad SMARTS) is 1. The van der Waals surface area contributed by atoms with Gasteiger partial charge >= 0.3 is 12.1 Å². The van der Waals surface area contributed by atoms with Crippen LogP contribution < -0.4 is 10.6 Å². The maximum Gasteiger partial charge on any atom is 0.405 e. The molecule has 7 nitrogen and oxygen atoms in total. The lowest BCUT2D eigenvalue weighted by Crippen LogP contribution is -2.40. The normalized spacial score (nSPS) is 10.9. The van der Waals surface area contributed by atoms with E-state index in [0.717, 1.165) is 12.1 Å². The minimum Gasteiger partial charge on any atom is -0.475 e. The first-order valence-corrected chi connectivity index (χ1v) is 5.14. The molecule has 0 bridgehead atoms. The van der Waals surface area contributed by atoms with Crippen LogP contribution in [0, 0.1) is 0 Å². The SMILES string of the molecule is O=C(CNC(=O)c1ccc(C(=O)O)o1)NCC(F)(F)F. The summed E-state index contributed by atoms with van der Waals surface area (Å²) in [6.07, 6.45) is -4.54. The fraction of sp³-hybridized carbons (Fsp3) is 0.300. The largest absolute Gasteiger partial charge is 0.475 e. The Kier molecular flexibility index (Phi) is 4.73. The smallest absolute Gasteiger partial charge is 0.405 e. The molecule has 1 aromatic rings. The van der Waals surface area contributed by atoms with Crippen molar-refractivity contribution >= 4 is 17.8 Å². The Morgan fingerprint density at radius 2 is 1.75 bits per heavy atom. The summed E-state index contributed by atoms with van der Waals surface area (Å²) in [5, 5.41) is 12.1. The lowest BCUT2D eigenvalue weighted by atomic mass is 10.4. The predicted octanol–water partition coefficient (Wildman–Crippen LogP) is 0.386. The molecule has 0 unspecified atom stereocenters. The standard InChI is InChI=1S/C10H9F3N2O5/c11-10(12,13)4-15-7(16)3-14-8(17)5-1-2-6(20-5)9(18)19/h1-2H,3-4H2,(H,14,17)(H,15,16)(H,18,19). The molecule has 2 amide bonds. The number of furan rings is 1. The van der Waals surface area contributed by atoms with E-state index < -0.39 is 42.8 Å². The van der Waals surface area contributed by atoms with Gasteiger partial charge < -0.3 is 20.2 Å². The van der Waals surface area contributed by atoms with Gasteiger partial charge in [-0.25, -0.2) is 4.79 Å². The molecule has 0 aliphatic heterocycles. The van der Waals surface area contributed by atoms with Crippen molar-refractivity contribution in [1.82, 2.24) is 10.6 Å². The molecule has 1 aromatic heterocycles. The zero-order chi connectivity index (χ0) is 15.3. The fourth-order valence-electron chi connectivity index (χ4n) is 1.08. The van der Waals surface area contributed by atoms with Gasteiger partial charge in [0, 0.05) is 0 Å². The molecule has 1 heterocycles. The number of rotatable bonds is 5. The van der Waals surface area contributed by atoms with Crippen molar-refractivity contribution < 1.29 is 37.1 Å². The summed E-state index contributed by atoms with van der Waals surface area (Å²) in [6, 6.07) is 2.09. The van der Waals surface area contributed by atoms with Crippen LogP contribution in [0.1, 0.15) is 21.1 Å². The van der Waals surface area contributed by atoms with E-state index in [9.17, 15) is 27.6 Å². The summed E-state index contributed by atoms with van der Waals surface area (Å²) >= 11 is 0. The van der Waals surface area contributed by atoms with E-state index in [2.05, 4.69) is 4.42 Å². The molecule has 0 saturated carbocycles. The van der Waals surface area contributed by atoms with Gasteiger partial charge in [0.2, 0.25) is 11.7 Å². The van der Waals surface area contributed by atoms with Gasteiger partial charge in [-0.15, -0.1) is 0 Å². The van der Waals surface area contributed by atoms with Crippen LogP contribution >= 0.6 is 0 Å². The van der Waals surface area contributed by atoms with E-state index in [1.54, 1.807) is 5.32 Å². The van der Waals surface area contributed by atoms with E-state index in [4.69, 9.17) is 5.11 Å².